The second-order valence-electron chi connectivity index (χ2n) is 6.36. The first-order valence-electron chi connectivity index (χ1n) is 9.06. The van der Waals surface area contributed by atoms with Crippen LogP contribution in [0.15, 0.2) is 48.5 Å². The van der Waals surface area contributed by atoms with Gasteiger partial charge in [-0.25, -0.2) is 4.79 Å². The fraction of sp³-hybridized carbons (Fsp3) is 0.300. The van der Waals surface area contributed by atoms with E-state index in [-0.39, 0.29) is 37.8 Å². The van der Waals surface area contributed by atoms with Crippen LogP contribution in [0.25, 0.3) is 0 Å². The van der Waals surface area contributed by atoms with E-state index in [9.17, 15) is 19.7 Å². The van der Waals surface area contributed by atoms with Gasteiger partial charge in [0.05, 0.1) is 11.5 Å². The summed E-state index contributed by atoms with van der Waals surface area (Å²) in [6.45, 7) is 2.18. The quantitative estimate of drug-likeness (QED) is 0.379. The van der Waals surface area contributed by atoms with E-state index in [1.54, 1.807) is 43.3 Å². The summed E-state index contributed by atoms with van der Waals surface area (Å²) in [5, 5.41) is 10.8. The number of non-ortho nitro benzene ring substituents is 1. The van der Waals surface area contributed by atoms with Crippen LogP contribution in [0.1, 0.15) is 18.9 Å². The number of hydrogen-bond acceptors (Lipinski definition) is 7. The molecule has 2 aromatic rings. The normalized spacial score (nSPS) is 15.7. The van der Waals surface area contributed by atoms with Gasteiger partial charge in [-0.3, -0.25) is 19.8 Å². The lowest BCUT2D eigenvalue weighted by molar-refractivity contribution is -0.384. The van der Waals surface area contributed by atoms with Gasteiger partial charge in [-0.1, -0.05) is 19.1 Å². The van der Waals surface area contributed by atoms with Crippen molar-refractivity contribution in [2.75, 3.05) is 18.1 Å². The van der Waals surface area contributed by atoms with Crippen molar-refractivity contribution in [1.82, 2.24) is 0 Å². The van der Waals surface area contributed by atoms with Gasteiger partial charge in [-0.05, 0) is 29.8 Å². The fourth-order valence-corrected chi connectivity index (χ4v) is 2.76. The average molecular weight is 400 g/mol. The van der Waals surface area contributed by atoms with Crippen molar-refractivity contribution in [3.8, 4) is 5.75 Å². The topological polar surface area (TPSA) is 108 Å². The molecule has 1 fully saturated rings. The summed E-state index contributed by atoms with van der Waals surface area (Å²) >= 11 is 0. The predicted molar refractivity (Wildman–Crippen MR) is 103 cm³/mol. The molecule has 1 atom stereocenters. The molecule has 0 aliphatic carbocycles. The number of carbonyl (C=O) groups excluding carboxylic acids is 2. The summed E-state index contributed by atoms with van der Waals surface area (Å²) in [6, 6.07) is 13.0. The number of benzene rings is 2. The Bertz CT molecular complexity index is 898. The van der Waals surface area contributed by atoms with Crippen molar-refractivity contribution in [1.29, 1.82) is 0 Å². The van der Waals surface area contributed by atoms with Gasteiger partial charge in [0.2, 0.25) is 0 Å². The molecule has 0 saturated carbocycles. The SMILES string of the molecule is CCC(=O)OCC1CN(c2ccc(OCc3cccc([N+](=O)[O-])c3)cc2)C(=O)O1. The lowest BCUT2D eigenvalue weighted by Crippen LogP contribution is -2.26. The average Bonchev–Trinajstić information content (AvgIpc) is 3.11. The summed E-state index contributed by atoms with van der Waals surface area (Å²) in [7, 11) is 0. The van der Waals surface area contributed by atoms with E-state index in [0.717, 1.165) is 0 Å². The van der Waals surface area contributed by atoms with Crippen LogP contribution < -0.4 is 9.64 Å². The zero-order valence-electron chi connectivity index (χ0n) is 15.8. The summed E-state index contributed by atoms with van der Waals surface area (Å²) < 4.78 is 15.9. The molecule has 0 spiro atoms. The first-order valence-corrected chi connectivity index (χ1v) is 9.06. The Balaban J connectivity index is 1.56. The summed E-state index contributed by atoms with van der Waals surface area (Å²) in [5.41, 5.74) is 1.31. The third-order valence-corrected chi connectivity index (χ3v) is 4.27. The van der Waals surface area contributed by atoms with E-state index in [1.165, 1.54) is 17.0 Å². The zero-order chi connectivity index (χ0) is 20.8. The van der Waals surface area contributed by atoms with Crippen molar-refractivity contribution in [2.45, 2.75) is 26.1 Å². The number of ether oxygens (including phenoxy) is 3. The Labute approximate surface area is 166 Å². The molecule has 2 aromatic carbocycles. The molecule has 1 amide bonds. The number of cyclic esters (lactones) is 1. The Morgan fingerprint density at radius 1 is 1.28 bits per heavy atom. The van der Waals surface area contributed by atoms with Crippen molar-refractivity contribution >= 4 is 23.4 Å². The first-order chi connectivity index (χ1) is 14.0. The minimum absolute atomic E-state index is 0.00756. The Kier molecular flexibility index (Phi) is 6.28. The third kappa shape index (κ3) is 5.22. The molecule has 1 unspecified atom stereocenters. The molecule has 9 nitrogen and oxygen atoms in total. The van der Waals surface area contributed by atoms with Crippen LogP contribution in [0.4, 0.5) is 16.2 Å². The zero-order valence-corrected chi connectivity index (χ0v) is 15.8. The lowest BCUT2D eigenvalue weighted by Gasteiger charge is -2.14. The highest BCUT2D eigenvalue weighted by molar-refractivity contribution is 5.89. The van der Waals surface area contributed by atoms with Gasteiger partial charge in [0.25, 0.3) is 5.69 Å². The number of esters is 1. The maximum atomic E-state index is 12.1. The number of nitro benzene ring substituents is 1. The molecule has 1 aliphatic rings. The number of amides is 1. The number of rotatable bonds is 8. The largest absolute Gasteiger partial charge is 0.489 e. The fourth-order valence-electron chi connectivity index (χ4n) is 2.76. The summed E-state index contributed by atoms with van der Waals surface area (Å²) in [4.78, 5) is 35.1. The van der Waals surface area contributed by atoms with E-state index in [0.29, 0.717) is 17.0 Å². The molecule has 3 rings (SSSR count). The molecular weight excluding hydrogens is 380 g/mol. The Morgan fingerprint density at radius 3 is 2.72 bits per heavy atom. The molecule has 1 heterocycles. The van der Waals surface area contributed by atoms with Gasteiger partial charge in [-0.2, -0.15) is 0 Å². The van der Waals surface area contributed by atoms with Crippen LogP contribution >= 0.6 is 0 Å². The molecule has 29 heavy (non-hydrogen) atoms. The van der Waals surface area contributed by atoms with Crippen molar-refractivity contribution < 1.29 is 28.7 Å². The summed E-state index contributed by atoms with van der Waals surface area (Å²) in [6.07, 6.45) is -0.752. The van der Waals surface area contributed by atoms with E-state index in [4.69, 9.17) is 14.2 Å². The molecule has 0 N–H and O–H groups in total. The van der Waals surface area contributed by atoms with Crippen LogP contribution in [-0.4, -0.2) is 36.2 Å². The summed E-state index contributed by atoms with van der Waals surface area (Å²) in [5.74, 6) is 0.214. The van der Waals surface area contributed by atoms with E-state index in [2.05, 4.69) is 0 Å². The van der Waals surface area contributed by atoms with Gasteiger partial charge in [0.1, 0.15) is 19.0 Å². The smallest absolute Gasteiger partial charge is 0.414 e. The number of nitro groups is 1. The Hall–Kier alpha value is -3.62. The minimum atomic E-state index is -0.511. The molecule has 1 saturated heterocycles. The number of nitrogens with zero attached hydrogens (tertiary/aromatic N) is 2. The van der Waals surface area contributed by atoms with Gasteiger partial charge in [-0.15, -0.1) is 0 Å². The highest BCUT2D eigenvalue weighted by atomic mass is 16.6. The van der Waals surface area contributed by atoms with Crippen molar-refractivity contribution in [3.05, 3.63) is 64.2 Å². The second-order valence-corrected chi connectivity index (χ2v) is 6.36. The van der Waals surface area contributed by atoms with Gasteiger partial charge >= 0.3 is 12.1 Å². The molecule has 1 aliphatic heterocycles. The van der Waals surface area contributed by atoms with Crippen LogP contribution in [0.5, 0.6) is 5.75 Å². The number of anilines is 1. The number of hydrogen-bond donors (Lipinski definition) is 0. The maximum absolute atomic E-state index is 12.1. The molecule has 9 heteroatoms. The predicted octanol–water partition coefficient (Wildman–Crippen LogP) is 3.45. The van der Waals surface area contributed by atoms with E-state index < -0.39 is 17.1 Å². The first kappa shape index (κ1) is 20.1. The second kappa shape index (κ2) is 9.05. The van der Waals surface area contributed by atoms with Crippen molar-refractivity contribution in [3.63, 3.8) is 0 Å². The highest BCUT2D eigenvalue weighted by Gasteiger charge is 2.33. The van der Waals surface area contributed by atoms with Gasteiger partial charge in [0.15, 0.2) is 6.10 Å². The molecular formula is C20H20N2O7. The molecule has 0 bridgehead atoms. The van der Waals surface area contributed by atoms with E-state index >= 15 is 0 Å². The van der Waals surface area contributed by atoms with Crippen LogP contribution in [-0.2, 0) is 20.9 Å². The maximum Gasteiger partial charge on any atom is 0.414 e. The monoisotopic (exact) mass is 400 g/mol. The molecule has 0 radical (unpaired) electrons. The van der Waals surface area contributed by atoms with Crippen LogP contribution in [0, 0.1) is 10.1 Å². The Morgan fingerprint density at radius 2 is 2.03 bits per heavy atom. The minimum Gasteiger partial charge on any atom is -0.489 e. The lowest BCUT2D eigenvalue weighted by atomic mass is 10.2. The number of carbonyl (C=O) groups is 2. The molecule has 152 valence electrons. The van der Waals surface area contributed by atoms with Crippen LogP contribution in [0.2, 0.25) is 0 Å². The highest BCUT2D eigenvalue weighted by Crippen LogP contribution is 2.25. The standard InChI is InChI=1S/C20H20N2O7/c1-2-19(23)28-13-18-11-21(20(24)29-18)15-6-8-17(9-7-15)27-12-14-4-3-5-16(10-14)22(25)26/h3-10,18H,2,11-13H2,1H3. The van der Waals surface area contributed by atoms with Gasteiger partial charge < -0.3 is 14.2 Å². The molecule has 0 aromatic heterocycles. The third-order valence-electron chi connectivity index (χ3n) is 4.27. The van der Waals surface area contributed by atoms with Crippen LogP contribution in [0.3, 0.4) is 0 Å². The van der Waals surface area contributed by atoms with Gasteiger partial charge in [0, 0.05) is 24.2 Å². The van der Waals surface area contributed by atoms with E-state index in [1.807, 2.05) is 0 Å². The van der Waals surface area contributed by atoms with Crippen molar-refractivity contribution in [2.24, 2.45) is 0 Å².